The number of aliphatic carboxylic acids is 1. The van der Waals surface area contributed by atoms with Crippen molar-refractivity contribution in [2.24, 2.45) is 0 Å². The summed E-state index contributed by atoms with van der Waals surface area (Å²) in [5, 5.41) is 11.4. The van der Waals surface area contributed by atoms with Gasteiger partial charge in [0.05, 0.1) is 18.4 Å². The second-order valence-electron chi connectivity index (χ2n) is 3.53. The molecule has 2 N–H and O–H groups in total. The van der Waals surface area contributed by atoms with Crippen LogP contribution in [-0.2, 0) is 9.53 Å². The van der Waals surface area contributed by atoms with Gasteiger partial charge in [-0.2, -0.15) is 0 Å². The predicted molar refractivity (Wildman–Crippen MR) is 61.0 cm³/mol. The summed E-state index contributed by atoms with van der Waals surface area (Å²) >= 11 is 0. The van der Waals surface area contributed by atoms with Crippen LogP contribution in [0.15, 0.2) is 12.1 Å². The van der Waals surface area contributed by atoms with Gasteiger partial charge in [0.25, 0.3) is 0 Å². The van der Waals surface area contributed by atoms with Gasteiger partial charge in [0, 0.05) is 0 Å². The summed E-state index contributed by atoms with van der Waals surface area (Å²) in [5.41, 5.74) is 0.848. The molecule has 1 aromatic heterocycles. The Morgan fingerprint density at radius 1 is 1.47 bits per heavy atom. The molecule has 0 spiro atoms. The standard InChI is InChI=1S/C11H14N2O4/c1-6-8(11(16)17-3)4-5-9(12-6)13-7(2)10(14)15/h4-5,7H,1-3H3,(H,12,13)(H,14,15). The van der Waals surface area contributed by atoms with Crippen molar-refractivity contribution in [3.05, 3.63) is 23.4 Å². The SMILES string of the molecule is COC(=O)c1ccc(NC(C)C(=O)O)nc1C. The van der Waals surface area contributed by atoms with Gasteiger partial charge >= 0.3 is 11.9 Å². The van der Waals surface area contributed by atoms with Crippen molar-refractivity contribution >= 4 is 17.8 Å². The molecule has 17 heavy (non-hydrogen) atoms. The molecule has 92 valence electrons. The van der Waals surface area contributed by atoms with Gasteiger partial charge in [0.1, 0.15) is 11.9 Å². The third-order valence-electron chi connectivity index (χ3n) is 2.23. The maximum Gasteiger partial charge on any atom is 0.339 e. The summed E-state index contributed by atoms with van der Waals surface area (Å²) in [6.07, 6.45) is 0. The van der Waals surface area contributed by atoms with Gasteiger partial charge in [-0.3, -0.25) is 4.79 Å². The molecule has 1 heterocycles. The number of carbonyl (C=O) groups is 2. The lowest BCUT2D eigenvalue weighted by Gasteiger charge is -2.11. The Morgan fingerprint density at radius 2 is 2.12 bits per heavy atom. The van der Waals surface area contributed by atoms with Gasteiger partial charge < -0.3 is 15.2 Å². The van der Waals surface area contributed by atoms with Crippen LogP contribution in [0.4, 0.5) is 5.82 Å². The second-order valence-corrected chi connectivity index (χ2v) is 3.53. The maximum absolute atomic E-state index is 11.3. The Hall–Kier alpha value is -2.11. The minimum Gasteiger partial charge on any atom is -0.480 e. The van der Waals surface area contributed by atoms with E-state index in [1.54, 1.807) is 19.1 Å². The lowest BCUT2D eigenvalue weighted by molar-refractivity contribution is -0.137. The number of methoxy groups -OCH3 is 1. The van der Waals surface area contributed by atoms with Crippen molar-refractivity contribution in [2.45, 2.75) is 19.9 Å². The van der Waals surface area contributed by atoms with Crippen LogP contribution in [0.2, 0.25) is 0 Å². The molecule has 0 bridgehead atoms. The van der Waals surface area contributed by atoms with Gasteiger partial charge in [-0.15, -0.1) is 0 Å². The first kappa shape index (κ1) is 13.0. The Kier molecular flexibility index (Phi) is 4.03. The molecule has 1 rings (SSSR count). The van der Waals surface area contributed by atoms with E-state index in [0.29, 0.717) is 17.1 Å². The summed E-state index contributed by atoms with van der Waals surface area (Å²) < 4.78 is 4.58. The molecule has 0 radical (unpaired) electrons. The first-order valence-electron chi connectivity index (χ1n) is 5.01. The van der Waals surface area contributed by atoms with Gasteiger partial charge in [-0.05, 0) is 26.0 Å². The summed E-state index contributed by atoms with van der Waals surface area (Å²) in [6, 6.07) is 2.34. The number of carboxylic acids is 1. The zero-order valence-electron chi connectivity index (χ0n) is 9.85. The summed E-state index contributed by atoms with van der Waals surface area (Å²) in [6.45, 7) is 3.16. The molecule has 0 aliphatic heterocycles. The van der Waals surface area contributed by atoms with Crippen LogP contribution in [0, 0.1) is 6.92 Å². The van der Waals surface area contributed by atoms with E-state index < -0.39 is 18.0 Å². The van der Waals surface area contributed by atoms with Crippen LogP contribution in [-0.4, -0.2) is 35.2 Å². The molecule has 0 saturated heterocycles. The molecule has 1 atom stereocenters. The first-order valence-corrected chi connectivity index (χ1v) is 5.01. The lowest BCUT2D eigenvalue weighted by atomic mass is 10.2. The number of aryl methyl sites for hydroxylation is 1. The van der Waals surface area contributed by atoms with Crippen LogP contribution >= 0.6 is 0 Å². The van der Waals surface area contributed by atoms with Gasteiger partial charge in [0.15, 0.2) is 0 Å². The largest absolute Gasteiger partial charge is 0.480 e. The fourth-order valence-electron chi connectivity index (χ4n) is 1.25. The molecular formula is C11H14N2O4. The molecule has 1 aromatic rings. The summed E-state index contributed by atoms with van der Waals surface area (Å²) in [4.78, 5) is 26.0. The Bertz CT molecular complexity index is 445. The fourth-order valence-corrected chi connectivity index (χ4v) is 1.25. The van der Waals surface area contributed by atoms with Crippen molar-refractivity contribution in [3.8, 4) is 0 Å². The van der Waals surface area contributed by atoms with Crippen molar-refractivity contribution in [1.82, 2.24) is 4.98 Å². The highest BCUT2D eigenvalue weighted by Gasteiger charge is 2.14. The van der Waals surface area contributed by atoms with E-state index in [0.717, 1.165) is 0 Å². The van der Waals surface area contributed by atoms with Crippen molar-refractivity contribution in [2.75, 3.05) is 12.4 Å². The maximum atomic E-state index is 11.3. The molecule has 0 aliphatic carbocycles. The molecule has 1 unspecified atom stereocenters. The third kappa shape index (κ3) is 3.17. The summed E-state index contributed by atoms with van der Waals surface area (Å²) in [5.74, 6) is -1.03. The minimum atomic E-state index is -0.971. The number of ether oxygens (including phenoxy) is 1. The number of rotatable bonds is 4. The van der Waals surface area contributed by atoms with Crippen molar-refractivity contribution < 1.29 is 19.4 Å². The molecule has 0 aliphatic rings. The molecule has 6 nitrogen and oxygen atoms in total. The summed E-state index contributed by atoms with van der Waals surface area (Å²) in [7, 11) is 1.29. The van der Waals surface area contributed by atoms with Crippen LogP contribution in [0.25, 0.3) is 0 Å². The van der Waals surface area contributed by atoms with E-state index >= 15 is 0 Å². The van der Waals surface area contributed by atoms with E-state index in [4.69, 9.17) is 5.11 Å². The number of hydrogen-bond acceptors (Lipinski definition) is 5. The molecule has 0 aromatic carbocycles. The Labute approximate surface area is 98.6 Å². The van der Waals surface area contributed by atoms with E-state index in [9.17, 15) is 9.59 Å². The highest BCUT2D eigenvalue weighted by atomic mass is 16.5. The number of anilines is 1. The normalized spacial score (nSPS) is 11.7. The van der Waals surface area contributed by atoms with E-state index in [1.165, 1.54) is 14.0 Å². The number of aromatic nitrogens is 1. The van der Waals surface area contributed by atoms with Crippen LogP contribution in [0.1, 0.15) is 23.0 Å². The van der Waals surface area contributed by atoms with Crippen LogP contribution < -0.4 is 5.32 Å². The van der Waals surface area contributed by atoms with Gasteiger partial charge in [-0.25, -0.2) is 9.78 Å². The quantitative estimate of drug-likeness (QED) is 0.762. The molecule has 0 fully saturated rings. The number of nitrogens with zero attached hydrogens (tertiary/aromatic N) is 1. The topological polar surface area (TPSA) is 88.5 Å². The fraction of sp³-hybridized carbons (Fsp3) is 0.364. The van der Waals surface area contributed by atoms with Gasteiger partial charge in [0.2, 0.25) is 0 Å². The second kappa shape index (κ2) is 5.29. The molecule has 6 heteroatoms. The first-order chi connectivity index (χ1) is 7.95. The number of carboxylic acid groups (broad SMARTS) is 1. The van der Waals surface area contributed by atoms with E-state index in [-0.39, 0.29) is 0 Å². The highest BCUT2D eigenvalue weighted by Crippen LogP contribution is 2.12. The lowest BCUT2D eigenvalue weighted by Crippen LogP contribution is -2.26. The third-order valence-corrected chi connectivity index (χ3v) is 2.23. The average molecular weight is 238 g/mol. The zero-order valence-corrected chi connectivity index (χ0v) is 9.85. The van der Waals surface area contributed by atoms with Gasteiger partial charge in [-0.1, -0.05) is 0 Å². The Balaban J connectivity index is 2.89. The Morgan fingerprint density at radius 3 is 2.59 bits per heavy atom. The molecule has 0 amide bonds. The number of nitrogens with one attached hydrogen (secondary N) is 1. The monoisotopic (exact) mass is 238 g/mol. The highest BCUT2D eigenvalue weighted by molar-refractivity contribution is 5.90. The van der Waals surface area contributed by atoms with Crippen LogP contribution in [0.5, 0.6) is 0 Å². The van der Waals surface area contributed by atoms with Crippen LogP contribution in [0.3, 0.4) is 0 Å². The molecular weight excluding hydrogens is 224 g/mol. The number of hydrogen-bond donors (Lipinski definition) is 2. The van der Waals surface area contributed by atoms with Crippen molar-refractivity contribution in [3.63, 3.8) is 0 Å². The van der Waals surface area contributed by atoms with Crippen molar-refractivity contribution in [1.29, 1.82) is 0 Å². The smallest absolute Gasteiger partial charge is 0.339 e. The number of esters is 1. The van der Waals surface area contributed by atoms with E-state index in [2.05, 4.69) is 15.0 Å². The molecule has 0 saturated carbocycles. The zero-order chi connectivity index (χ0) is 13.0. The predicted octanol–water partition coefficient (Wildman–Crippen LogP) is 1.06. The number of pyridine rings is 1. The number of carbonyl (C=O) groups excluding carboxylic acids is 1. The average Bonchev–Trinajstić information content (AvgIpc) is 2.28. The van der Waals surface area contributed by atoms with E-state index in [1.807, 2.05) is 0 Å². The minimum absolute atomic E-state index is 0.362.